The Bertz CT molecular complexity index is 1180. The molecule has 0 saturated carbocycles. The molecule has 1 atom stereocenters. The van der Waals surface area contributed by atoms with Gasteiger partial charge in [0, 0.05) is 28.7 Å². The predicted molar refractivity (Wildman–Crippen MR) is 121 cm³/mol. The third-order valence-corrected chi connectivity index (χ3v) is 5.88. The molecule has 1 aliphatic rings. The summed E-state index contributed by atoms with van der Waals surface area (Å²) in [5.74, 6) is 1.82. The lowest BCUT2D eigenvalue weighted by atomic mass is 9.91. The Hall–Kier alpha value is -3.24. The van der Waals surface area contributed by atoms with Crippen LogP contribution in [0.3, 0.4) is 0 Å². The summed E-state index contributed by atoms with van der Waals surface area (Å²) in [5.41, 5.74) is 7.27. The van der Waals surface area contributed by atoms with E-state index >= 15 is 0 Å². The van der Waals surface area contributed by atoms with Crippen molar-refractivity contribution in [1.82, 2.24) is 10.3 Å². The first-order chi connectivity index (χ1) is 14.8. The normalized spacial score (nSPS) is 15.7. The molecular weight excluding hydrogens is 372 g/mol. The molecule has 4 aromatic rings. The van der Waals surface area contributed by atoms with Gasteiger partial charge in [0.1, 0.15) is 11.5 Å². The zero-order chi connectivity index (χ0) is 20.5. The minimum atomic E-state index is 0.0512. The predicted octanol–water partition coefficient (Wildman–Crippen LogP) is 5.48. The van der Waals surface area contributed by atoms with E-state index in [1.54, 1.807) is 7.11 Å². The number of aromatic nitrogens is 1. The fourth-order valence-electron chi connectivity index (χ4n) is 4.50. The number of ether oxygens (including phenoxy) is 2. The maximum absolute atomic E-state index is 5.76. The van der Waals surface area contributed by atoms with Crippen LogP contribution >= 0.6 is 0 Å². The molecule has 1 aromatic heterocycles. The lowest BCUT2D eigenvalue weighted by molar-refractivity contribution is 0.340. The van der Waals surface area contributed by atoms with Crippen LogP contribution in [-0.4, -0.2) is 25.2 Å². The summed E-state index contributed by atoms with van der Waals surface area (Å²) in [4.78, 5) is 3.67. The molecule has 4 heteroatoms. The number of H-pyrrole nitrogens is 1. The summed E-state index contributed by atoms with van der Waals surface area (Å²) >= 11 is 0. The topological polar surface area (TPSA) is 46.3 Å². The van der Waals surface area contributed by atoms with E-state index in [0.29, 0.717) is 6.61 Å². The van der Waals surface area contributed by atoms with Crippen LogP contribution in [0.15, 0.2) is 66.7 Å². The first-order valence-corrected chi connectivity index (χ1v) is 10.5. The maximum Gasteiger partial charge on any atom is 0.124 e. The molecular formula is C26H26N2O2. The molecule has 2 N–H and O–H groups in total. The van der Waals surface area contributed by atoms with Crippen molar-refractivity contribution in [2.24, 2.45) is 0 Å². The molecule has 0 fully saturated rings. The van der Waals surface area contributed by atoms with Crippen molar-refractivity contribution in [2.75, 3.05) is 20.3 Å². The molecule has 30 heavy (non-hydrogen) atoms. The Morgan fingerprint density at radius 2 is 1.83 bits per heavy atom. The van der Waals surface area contributed by atoms with Gasteiger partial charge in [-0.25, -0.2) is 0 Å². The van der Waals surface area contributed by atoms with Crippen LogP contribution in [-0.2, 0) is 6.42 Å². The van der Waals surface area contributed by atoms with E-state index in [1.807, 2.05) is 19.1 Å². The molecule has 0 bridgehead atoms. The van der Waals surface area contributed by atoms with Gasteiger partial charge in [0.05, 0.1) is 19.8 Å². The minimum absolute atomic E-state index is 0.0512. The van der Waals surface area contributed by atoms with Crippen molar-refractivity contribution in [3.8, 4) is 22.6 Å². The average molecular weight is 399 g/mol. The summed E-state index contributed by atoms with van der Waals surface area (Å²) in [5, 5.41) is 4.95. The van der Waals surface area contributed by atoms with Gasteiger partial charge in [-0.05, 0) is 60.4 Å². The summed E-state index contributed by atoms with van der Waals surface area (Å²) in [6.07, 6.45) is 0.988. The lowest BCUT2D eigenvalue weighted by Gasteiger charge is -2.26. The largest absolute Gasteiger partial charge is 0.496 e. The highest BCUT2D eigenvalue weighted by molar-refractivity contribution is 5.87. The van der Waals surface area contributed by atoms with Crippen molar-refractivity contribution in [3.05, 3.63) is 83.6 Å². The fraction of sp³-hybridized carbons (Fsp3) is 0.231. The Kier molecular flexibility index (Phi) is 4.93. The summed E-state index contributed by atoms with van der Waals surface area (Å²) in [6, 6.07) is 23.3. The van der Waals surface area contributed by atoms with Crippen LogP contribution in [0.5, 0.6) is 11.5 Å². The van der Waals surface area contributed by atoms with Crippen molar-refractivity contribution < 1.29 is 9.47 Å². The zero-order valence-electron chi connectivity index (χ0n) is 17.4. The lowest BCUT2D eigenvalue weighted by Crippen LogP contribution is -2.30. The molecule has 4 nitrogen and oxygen atoms in total. The molecule has 1 unspecified atom stereocenters. The van der Waals surface area contributed by atoms with Gasteiger partial charge in [-0.3, -0.25) is 0 Å². The van der Waals surface area contributed by atoms with Crippen molar-refractivity contribution in [2.45, 2.75) is 19.4 Å². The Labute approximate surface area is 176 Å². The van der Waals surface area contributed by atoms with E-state index in [0.717, 1.165) is 35.5 Å². The molecule has 0 spiro atoms. The second-order valence-corrected chi connectivity index (χ2v) is 7.62. The van der Waals surface area contributed by atoms with E-state index in [4.69, 9.17) is 9.47 Å². The van der Waals surface area contributed by atoms with E-state index in [2.05, 4.69) is 64.9 Å². The second kappa shape index (κ2) is 7.88. The number of fused-ring (bicyclic) bond motifs is 3. The van der Waals surface area contributed by atoms with Crippen molar-refractivity contribution in [1.29, 1.82) is 0 Å². The number of methoxy groups -OCH3 is 1. The zero-order valence-corrected chi connectivity index (χ0v) is 17.4. The molecule has 152 valence electrons. The monoisotopic (exact) mass is 398 g/mol. The van der Waals surface area contributed by atoms with Crippen LogP contribution < -0.4 is 14.8 Å². The quantitative estimate of drug-likeness (QED) is 0.468. The first kappa shape index (κ1) is 18.8. The van der Waals surface area contributed by atoms with Gasteiger partial charge in [0.2, 0.25) is 0 Å². The number of aromatic amines is 1. The van der Waals surface area contributed by atoms with Gasteiger partial charge in [-0.15, -0.1) is 0 Å². The number of hydrogen-bond acceptors (Lipinski definition) is 3. The maximum atomic E-state index is 5.76. The molecule has 3 aromatic carbocycles. The number of benzene rings is 3. The van der Waals surface area contributed by atoms with Gasteiger partial charge in [0.25, 0.3) is 0 Å². The highest BCUT2D eigenvalue weighted by atomic mass is 16.5. The number of nitrogens with one attached hydrogen (secondary N) is 2. The van der Waals surface area contributed by atoms with E-state index < -0.39 is 0 Å². The fourth-order valence-corrected chi connectivity index (χ4v) is 4.50. The smallest absolute Gasteiger partial charge is 0.124 e. The van der Waals surface area contributed by atoms with Crippen LogP contribution in [0.25, 0.3) is 22.0 Å². The van der Waals surface area contributed by atoms with Gasteiger partial charge in [0.15, 0.2) is 0 Å². The van der Waals surface area contributed by atoms with Gasteiger partial charge in [-0.2, -0.15) is 0 Å². The molecule has 0 aliphatic carbocycles. The third kappa shape index (κ3) is 3.23. The van der Waals surface area contributed by atoms with Crippen LogP contribution in [0.1, 0.15) is 29.8 Å². The molecule has 2 heterocycles. The summed E-state index contributed by atoms with van der Waals surface area (Å²) in [6.45, 7) is 3.61. The van der Waals surface area contributed by atoms with Gasteiger partial charge < -0.3 is 19.8 Å². The average Bonchev–Trinajstić information content (AvgIpc) is 3.18. The summed E-state index contributed by atoms with van der Waals surface area (Å²) in [7, 11) is 1.74. The van der Waals surface area contributed by atoms with E-state index in [-0.39, 0.29) is 6.04 Å². The summed E-state index contributed by atoms with van der Waals surface area (Å²) < 4.78 is 11.5. The number of rotatable bonds is 5. The van der Waals surface area contributed by atoms with Crippen molar-refractivity contribution in [3.63, 3.8) is 0 Å². The molecule has 0 amide bonds. The van der Waals surface area contributed by atoms with Crippen LogP contribution in [0.4, 0.5) is 0 Å². The van der Waals surface area contributed by atoms with Crippen molar-refractivity contribution >= 4 is 10.9 Å². The first-order valence-electron chi connectivity index (χ1n) is 10.5. The SMILES string of the molecule is CCOc1ccc2[nH]c3c(c2c1)CCNC3c1cc(-c2ccccc2)ccc1OC. The van der Waals surface area contributed by atoms with Gasteiger partial charge in [-0.1, -0.05) is 36.4 Å². The second-order valence-electron chi connectivity index (χ2n) is 7.62. The Morgan fingerprint density at radius 1 is 0.967 bits per heavy atom. The minimum Gasteiger partial charge on any atom is -0.496 e. The Morgan fingerprint density at radius 3 is 2.63 bits per heavy atom. The standard InChI is InChI=1S/C26H26N2O2/c1-3-30-19-10-11-23-21(16-19)20-13-14-27-25(26(20)28-23)22-15-18(9-12-24(22)29-2)17-7-5-4-6-8-17/h4-12,15-16,25,27-28H,3,13-14H2,1-2H3. The van der Waals surface area contributed by atoms with E-state index in [9.17, 15) is 0 Å². The highest BCUT2D eigenvalue weighted by Crippen LogP contribution is 2.39. The molecule has 5 rings (SSSR count). The van der Waals surface area contributed by atoms with Gasteiger partial charge >= 0.3 is 0 Å². The number of hydrogen-bond donors (Lipinski definition) is 2. The Balaban J connectivity index is 1.63. The molecule has 1 aliphatic heterocycles. The third-order valence-electron chi connectivity index (χ3n) is 5.88. The molecule has 0 saturated heterocycles. The van der Waals surface area contributed by atoms with E-state index in [1.165, 1.54) is 27.8 Å². The highest BCUT2D eigenvalue weighted by Gasteiger charge is 2.28. The molecule has 0 radical (unpaired) electrons. The van der Waals surface area contributed by atoms with Crippen LogP contribution in [0, 0.1) is 0 Å². The van der Waals surface area contributed by atoms with Crippen LogP contribution in [0.2, 0.25) is 0 Å².